The highest BCUT2D eigenvalue weighted by Gasteiger charge is 2.51. The number of hydrogen-bond donors (Lipinski definition) is 1. The van der Waals surface area contributed by atoms with Crippen molar-refractivity contribution >= 4 is 35.8 Å². The van der Waals surface area contributed by atoms with Gasteiger partial charge in [0.1, 0.15) is 0 Å². The van der Waals surface area contributed by atoms with Crippen LogP contribution in [0.15, 0.2) is 48.5 Å². The molecule has 1 N–H and O–H groups in total. The SMILES string of the molecule is CC1(C)OB(c2ccc(NC(=O)c3cccc(Cl)c3)cc2)OC1(C)C. The van der Waals surface area contributed by atoms with Crippen molar-refractivity contribution in [2.24, 2.45) is 0 Å². The van der Waals surface area contributed by atoms with E-state index in [0.29, 0.717) is 16.3 Å². The zero-order chi connectivity index (χ0) is 18.2. The molecule has 0 radical (unpaired) electrons. The average Bonchev–Trinajstić information content (AvgIpc) is 2.76. The van der Waals surface area contributed by atoms with Crippen molar-refractivity contribution in [3.8, 4) is 0 Å². The molecule has 0 bridgehead atoms. The van der Waals surface area contributed by atoms with Gasteiger partial charge < -0.3 is 14.6 Å². The van der Waals surface area contributed by atoms with E-state index >= 15 is 0 Å². The van der Waals surface area contributed by atoms with Gasteiger partial charge in [-0.2, -0.15) is 0 Å². The maximum Gasteiger partial charge on any atom is 0.494 e. The molecule has 1 aliphatic rings. The van der Waals surface area contributed by atoms with Gasteiger partial charge in [0.15, 0.2) is 0 Å². The minimum Gasteiger partial charge on any atom is -0.399 e. The summed E-state index contributed by atoms with van der Waals surface area (Å²) in [6.07, 6.45) is 0. The average molecular weight is 358 g/mol. The highest BCUT2D eigenvalue weighted by atomic mass is 35.5. The topological polar surface area (TPSA) is 47.6 Å². The van der Waals surface area contributed by atoms with Crippen LogP contribution in [0.1, 0.15) is 38.1 Å². The standard InChI is InChI=1S/C19H21BClNO3/c1-18(2)19(3,4)25-20(24-18)14-8-10-16(11-9-14)22-17(23)13-6-5-7-15(21)12-13/h5-12H,1-4H3,(H,22,23). The normalized spacial score (nSPS) is 18.2. The Balaban J connectivity index is 1.70. The lowest BCUT2D eigenvalue weighted by molar-refractivity contribution is 0.00578. The molecule has 1 fully saturated rings. The molecule has 1 heterocycles. The molecule has 0 saturated carbocycles. The van der Waals surface area contributed by atoms with E-state index in [1.54, 1.807) is 24.3 Å². The summed E-state index contributed by atoms with van der Waals surface area (Å²) < 4.78 is 12.1. The number of nitrogens with one attached hydrogen (secondary N) is 1. The second kappa shape index (κ2) is 6.48. The van der Waals surface area contributed by atoms with Gasteiger partial charge in [0.2, 0.25) is 0 Å². The molecule has 1 amide bonds. The van der Waals surface area contributed by atoms with E-state index in [1.165, 1.54) is 0 Å². The Morgan fingerprint density at radius 1 is 1.00 bits per heavy atom. The first-order chi connectivity index (χ1) is 11.7. The van der Waals surface area contributed by atoms with Crippen molar-refractivity contribution < 1.29 is 14.1 Å². The van der Waals surface area contributed by atoms with Crippen LogP contribution in [0.2, 0.25) is 5.02 Å². The van der Waals surface area contributed by atoms with Gasteiger partial charge in [0, 0.05) is 16.3 Å². The molecule has 0 spiro atoms. The highest BCUT2D eigenvalue weighted by molar-refractivity contribution is 6.62. The van der Waals surface area contributed by atoms with E-state index in [-0.39, 0.29) is 17.1 Å². The van der Waals surface area contributed by atoms with Crippen LogP contribution < -0.4 is 10.8 Å². The van der Waals surface area contributed by atoms with E-state index in [0.717, 1.165) is 5.46 Å². The van der Waals surface area contributed by atoms with E-state index in [9.17, 15) is 4.79 Å². The number of hydrogen-bond acceptors (Lipinski definition) is 3. The van der Waals surface area contributed by atoms with Gasteiger partial charge in [-0.15, -0.1) is 0 Å². The summed E-state index contributed by atoms with van der Waals surface area (Å²) >= 11 is 5.92. The van der Waals surface area contributed by atoms with Gasteiger partial charge in [-0.05, 0) is 63.5 Å². The molecule has 0 atom stereocenters. The summed E-state index contributed by atoms with van der Waals surface area (Å²) in [6, 6.07) is 14.3. The Labute approximate surface area is 153 Å². The first kappa shape index (κ1) is 18.0. The highest BCUT2D eigenvalue weighted by Crippen LogP contribution is 2.36. The Kier molecular flexibility index (Phi) is 4.67. The summed E-state index contributed by atoms with van der Waals surface area (Å²) in [6.45, 7) is 8.08. The summed E-state index contributed by atoms with van der Waals surface area (Å²) in [5.74, 6) is -0.203. The molecule has 4 nitrogen and oxygen atoms in total. The molecular formula is C19H21BClNO3. The Morgan fingerprint density at radius 3 is 2.16 bits per heavy atom. The van der Waals surface area contributed by atoms with Crippen LogP contribution in [0, 0.1) is 0 Å². The van der Waals surface area contributed by atoms with Gasteiger partial charge in [-0.3, -0.25) is 4.79 Å². The molecule has 130 valence electrons. The van der Waals surface area contributed by atoms with Gasteiger partial charge in [0.25, 0.3) is 5.91 Å². The van der Waals surface area contributed by atoms with E-state index < -0.39 is 7.12 Å². The second-order valence-electron chi connectivity index (χ2n) is 7.17. The van der Waals surface area contributed by atoms with Crippen molar-refractivity contribution in [3.63, 3.8) is 0 Å². The smallest absolute Gasteiger partial charge is 0.399 e. The molecule has 1 aliphatic heterocycles. The van der Waals surface area contributed by atoms with Crippen LogP contribution in [0.25, 0.3) is 0 Å². The van der Waals surface area contributed by atoms with E-state index in [1.807, 2.05) is 52.0 Å². The minimum atomic E-state index is -0.414. The third-order valence-electron chi connectivity index (χ3n) is 4.78. The lowest BCUT2D eigenvalue weighted by atomic mass is 9.79. The van der Waals surface area contributed by atoms with Gasteiger partial charge >= 0.3 is 7.12 Å². The molecular weight excluding hydrogens is 336 g/mol. The molecule has 0 unspecified atom stereocenters. The summed E-state index contributed by atoms with van der Waals surface area (Å²) in [4.78, 5) is 12.3. The van der Waals surface area contributed by atoms with Gasteiger partial charge in [-0.1, -0.05) is 29.8 Å². The quantitative estimate of drug-likeness (QED) is 0.848. The number of halogens is 1. The molecule has 2 aromatic rings. The van der Waals surface area contributed by atoms with Crippen LogP contribution in [0.4, 0.5) is 5.69 Å². The number of benzene rings is 2. The fourth-order valence-electron chi connectivity index (χ4n) is 2.54. The fraction of sp³-hybridized carbons (Fsp3) is 0.316. The third-order valence-corrected chi connectivity index (χ3v) is 5.02. The Morgan fingerprint density at radius 2 is 1.60 bits per heavy atom. The maximum absolute atomic E-state index is 12.3. The molecule has 3 rings (SSSR count). The van der Waals surface area contributed by atoms with Gasteiger partial charge in [-0.25, -0.2) is 0 Å². The Bertz CT molecular complexity index is 774. The fourth-order valence-corrected chi connectivity index (χ4v) is 2.73. The number of amides is 1. The first-order valence-corrected chi connectivity index (χ1v) is 8.58. The van der Waals surface area contributed by atoms with Gasteiger partial charge in [0.05, 0.1) is 11.2 Å². The molecule has 25 heavy (non-hydrogen) atoms. The predicted molar refractivity (Wildman–Crippen MR) is 102 cm³/mol. The number of carbonyl (C=O) groups is 1. The summed E-state index contributed by atoms with van der Waals surface area (Å²) in [5.41, 5.74) is 1.38. The van der Waals surface area contributed by atoms with Crippen molar-refractivity contribution in [1.29, 1.82) is 0 Å². The lowest BCUT2D eigenvalue weighted by Crippen LogP contribution is -2.41. The van der Waals surface area contributed by atoms with Crippen molar-refractivity contribution in [2.75, 3.05) is 5.32 Å². The second-order valence-corrected chi connectivity index (χ2v) is 7.61. The van der Waals surface area contributed by atoms with Crippen molar-refractivity contribution in [3.05, 3.63) is 59.1 Å². The summed E-state index contributed by atoms with van der Waals surface area (Å²) in [7, 11) is -0.414. The Hall–Kier alpha value is -1.82. The largest absolute Gasteiger partial charge is 0.494 e. The monoisotopic (exact) mass is 357 g/mol. The zero-order valence-corrected chi connectivity index (χ0v) is 15.6. The number of carbonyl (C=O) groups excluding carboxylic acids is 1. The molecule has 0 aliphatic carbocycles. The van der Waals surface area contributed by atoms with Crippen LogP contribution in [-0.4, -0.2) is 24.2 Å². The van der Waals surface area contributed by atoms with Crippen molar-refractivity contribution in [1.82, 2.24) is 0 Å². The van der Waals surface area contributed by atoms with Crippen LogP contribution >= 0.6 is 11.6 Å². The van der Waals surface area contributed by atoms with E-state index in [2.05, 4.69) is 5.32 Å². The molecule has 2 aromatic carbocycles. The molecule has 6 heteroatoms. The minimum absolute atomic E-state index is 0.203. The first-order valence-electron chi connectivity index (χ1n) is 8.20. The maximum atomic E-state index is 12.3. The van der Waals surface area contributed by atoms with Crippen LogP contribution in [0.3, 0.4) is 0 Å². The third kappa shape index (κ3) is 3.74. The lowest BCUT2D eigenvalue weighted by Gasteiger charge is -2.32. The molecule has 1 saturated heterocycles. The van der Waals surface area contributed by atoms with Crippen molar-refractivity contribution in [2.45, 2.75) is 38.9 Å². The van der Waals surface area contributed by atoms with Crippen LogP contribution in [0.5, 0.6) is 0 Å². The number of rotatable bonds is 3. The predicted octanol–water partition coefficient (Wildman–Crippen LogP) is 3.89. The molecule has 0 aromatic heterocycles. The summed E-state index contributed by atoms with van der Waals surface area (Å²) in [5, 5.41) is 3.39. The zero-order valence-electron chi connectivity index (χ0n) is 14.8. The van der Waals surface area contributed by atoms with Crippen LogP contribution in [-0.2, 0) is 9.31 Å². The number of anilines is 1. The van der Waals surface area contributed by atoms with E-state index in [4.69, 9.17) is 20.9 Å².